The van der Waals surface area contributed by atoms with Crippen molar-refractivity contribution in [3.8, 4) is 6.07 Å². The lowest BCUT2D eigenvalue weighted by Gasteiger charge is -2.11. The third-order valence-electron chi connectivity index (χ3n) is 4.22. The van der Waals surface area contributed by atoms with Gasteiger partial charge >= 0.3 is 0 Å². The van der Waals surface area contributed by atoms with Gasteiger partial charge in [-0.1, -0.05) is 41.6 Å². The number of hydrogen-bond donors (Lipinski definition) is 1. The van der Waals surface area contributed by atoms with E-state index in [2.05, 4.69) is 16.3 Å². The van der Waals surface area contributed by atoms with E-state index in [-0.39, 0.29) is 11.7 Å². The van der Waals surface area contributed by atoms with Crippen LogP contribution in [0.1, 0.15) is 29.1 Å². The average molecular weight is 395 g/mol. The maximum atomic E-state index is 11.2. The predicted octanol–water partition coefficient (Wildman–Crippen LogP) is 2.87. The van der Waals surface area contributed by atoms with Crippen molar-refractivity contribution in [3.63, 3.8) is 0 Å². The maximum Gasteiger partial charge on any atom is 0.217 e. The highest BCUT2D eigenvalue weighted by molar-refractivity contribution is 8.00. The molecule has 3 rings (SSSR count). The van der Waals surface area contributed by atoms with E-state index in [1.54, 1.807) is 6.26 Å². The fraction of sp³-hybridized carbons (Fsp3) is 0.300. The highest BCUT2D eigenvalue weighted by atomic mass is 32.2. The van der Waals surface area contributed by atoms with Gasteiger partial charge in [-0.2, -0.15) is 5.26 Å². The van der Waals surface area contributed by atoms with E-state index in [9.17, 15) is 10.1 Å². The molecule has 0 spiro atoms. The Balaban J connectivity index is 1.79. The summed E-state index contributed by atoms with van der Waals surface area (Å²) in [6.45, 7) is 2.46. The standard InChI is InChI=1S/C20H21N5O2S/c1-14-4-6-15(7-5-14)11-17(12-21)28-20-24-23-19(9-8-18(22)26)25(20)13-16-3-2-10-27-16/h2-7,10,17H,8-9,11,13H2,1H3,(H2,22,26). The zero-order chi connectivity index (χ0) is 19.9. The molecule has 0 aliphatic carbocycles. The summed E-state index contributed by atoms with van der Waals surface area (Å²) in [5.74, 6) is 0.995. The Bertz CT molecular complexity index is 958. The summed E-state index contributed by atoms with van der Waals surface area (Å²) in [6.07, 6.45) is 2.78. The van der Waals surface area contributed by atoms with Crippen LogP contribution in [0.25, 0.3) is 0 Å². The quantitative estimate of drug-likeness (QED) is 0.558. The first-order valence-electron chi connectivity index (χ1n) is 8.89. The lowest BCUT2D eigenvalue weighted by Crippen LogP contribution is -2.14. The number of nitriles is 1. The highest BCUT2D eigenvalue weighted by Crippen LogP contribution is 2.26. The number of benzene rings is 1. The Morgan fingerprint density at radius 2 is 2.11 bits per heavy atom. The van der Waals surface area contributed by atoms with Crippen molar-refractivity contribution in [2.45, 2.75) is 43.1 Å². The largest absolute Gasteiger partial charge is 0.467 e. The summed E-state index contributed by atoms with van der Waals surface area (Å²) in [4.78, 5) is 11.2. The molecule has 8 heteroatoms. The number of carbonyl (C=O) groups is 1. The maximum absolute atomic E-state index is 11.2. The first-order valence-corrected chi connectivity index (χ1v) is 9.77. The van der Waals surface area contributed by atoms with Crippen LogP contribution >= 0.6 is 11.8 Å². The predicted molar refractivity (Wildman–Crippen MR) is 105 cm³/mol. The molecular formula is C20H21N5O2S. The number of rotatable bonds is 9. The minimum atomic E-state index is -0.393. The first kappa shape index (κ1) is 19.7. The van der Waals surface area contributed by atoms with E-state index in [1.165, 1.54) is 17.3 Å². The lowest BCUT2D eigenvalue weighted by molar-refractivity contribution is -0.118. The van der Waals surface area contributed by atoms with Gasteiger partial charge in [0, 0.05) is 12.8 Å². The summed E-state index contributed by atoms with van der Waals surface area (Å²) in [6, 6.07) is 14.2. The van der Waals surface area contributed by atoms with Gasteiger partial charge in [-0.05, 0) is 31.0 Å². The number of hydrogen-bond acceptors (Lipinski definition) is 6. The van der Waals surface area contributed by atoms with Crippen molar-refractivity contribution in [2.24, 2.45) is 5.73 Å². The van der Waals surface area contributed by atoms with Gasteiger partial charge in [-0.25, -0.2) is 0 Å². The van der Waals surface area contributed by atoms with Crippen LogP contribution in [0.15, 0.2) is 52.2 Å². The molecule has 0 radical (unpaired) electrons. The van der Waals surface area contributed by atoms with Crippen molar-refractivity contribution >= 4 is 17.7 Å². The molecular weight excluding hydrogens is 374 g/mol. The van der Waals surface area contributed by atoms with Gasteiger partial charge in [0.05, 0.1) is 18.9 Å². The van der Waals surface area contributed by atoms with Crippen LogP contribution in [-0.2, 0) is 24.2 Å². The van der Waals surface area contributed by atoms with Crippen molar-refractivity contribution in [3.05, 3.63) is 65.4 Å². The molecule has 2 aromatic heterocycles. The SMILES string of the molecule is Cc1ccc(CC(C#N)Sc2nnc(CCC(N)=O)n2Cc2ccco2)cc1. The molecule has 2 N–H and O–H groups in total. The van der Waals surface area contributed by atoms with Gasteiger partial charge < -0.3 is 10.2 Å². The number of nitrogens with two attached hydrogens (primary N) is 1. The Morgan fingerprint density at radius 1 is 1.32 bits per heavy atom. The zero-order valence-corrected chi connectivity index (χ0v) is 16.4. The molecule has 3 aromatic rings. The van der Waals surface area contributed by atoms with Crippen molar-refractivity contribution in [1.29, 1.82) is 5.26 Å². The number of amides is 1. The van der Waals surface area contributed by atoms with E-state index >= 15 is 0 Å². The molecule has 2 heterocycles. The first-order chi connectivity index (χ1) is 13.5. The molecule has 0 saturated carbocycles. The van der Waals surface area contributed by atoms with Crippen molar-refractivity contribution in [2.75, 3.05) is 0 Å². The summed E-state index contributed by atoms with van der Waals surface area (Å²) < 4.78 is 7.32. The molecule has 1 aromatic carbocycles. The smallest absolute Gasteiger partial charge is 0.217 e. The normalized spacial score (nSPS) is 11.9. The molecule has 1 atom stereocenters. The molecule has 0 aliphatic rings. The molecule has 1 amide bonds. The number of carbonyl (C=O) groups excluding carboxylic acids is 1. The number of primary amides is 1. The third-order valence-corrected chi connectivity index (χ3v) is 5.29. The van der Waals surface area contributed by atoms with Gasteiger partial charge in [-0.3, -0.25) is 9.36 Å². The number of thioether (sulfide) groups is 1. The lowest BCUT2D eigenvalue weighted by atomic mass is 10.1. The second-order valence-electron chi connectivity index (χ2n) is 6.46. The Kier molecular flexibility index (Phi) is 6.50. The summed E-state index contributed by atoms with van der Waals surface area (Å²) in [5.41, 5.74) is 7.54. The third kappa shape index (κ3) is 5.24. The molecule has 0 saturated heterocycles. The van der Waals surface area contributed by atoms with E-state index < -0.39 is 5.91 Å². The van der Waals surface area contributed by atoms with Crippen LogP contribution in [0.3, 0.4) is 0 Å². The van der Waals surface area contributed by atoms with Gasteiger partial charge in [0.15, 0.2) is 5.16 Å². The summed E-state index contributed by atoms with van der Waals surface area (Å²) in [7, 11) is 0. The van der Waals surface area contributed by atoms with Crippen LogP contribution in [0.5, 0.6) is 0 Å². The molecule has 7 nitrogen and oxygen atoms in total. The fourth-order valence-corrected chi connectivity index (χ4v) is 3.69. The van der Waals surface area contributed by atoms with Crippen LogP contribution in [0.4, 0.5) is 0 Å². The fourth-order valence-electron chi connectivity index (χ4n) is 2.72. The highest BCUT2D eigenvalue weighted by Gasteiger charge is 2.19. The second-order valence-corrected chi connectivity index (χ2v) is 7.63. The molecule has 144 valence electrons. The Labute approximate surface area is 167 Å². The minimum Gasteiger partial charge on any atom is -0.467 e. The van der Waals surface area contributed by atoms with E-state index in [0.29, 0.717) is 30.4 Å². The Hall–Kier alpha value is -3.05. The Morgan fingerprint density at radius 3 is 2.75 bits per heavy atom. The van der Waals surface area contributed by atoms with Crippen LogP contribution in [-0.4, -0.2) is 25.9 Å². The van der Waals surface area contributed by atoms with Gasteiger partial charge in [0.2, 0.25) is 5.91 Å². The zero-order valence-electron chi connectivity index (χ0n) is 15.5. The van der Waals surface area contributed by atoms with Gasteiger partial charge in [-0.15, -0.1) is 10.2 Å². The average Bonchev–Trinajstić information content (AvgIpc) is 3.32. The topological polar surface area (TPSA) is 111 Å². The number of nitrogens with zero attached hydrogens (tertiary/aromatic N) is 4. The van der Waals surface area contributed by atoms with Gasteiger partial charge in [0.1, 0.15) is 16.8 Å². The van der Waals surface area contributed by atoms with Crippen LogP contribution < -0.4 is 5.73 Å². The minimum absolute atomic E-state index is 0.187. The monoisotopic (exact) mass is 395 g/mol. The number of furan rings is 1. The molecule has 0 fully saturated rings. The van der Waals surface area contributed by atoms with E-state index in [1.807, 2.05) is 47.9 Å². The molecule has 0 bridgehead atoms. The number of aryl methyl sites for hydroxylation is 2. The van der Waals surface area contributed by atoms with Crippen LogP contribution in [0, 0.1) is 18.3 Å². The van der Waals surface area contributed by atoms with E-state index in [0.717, 1.165) is 11.3 Å². The van der Waals surface area contributed by atoms with Crippen molar-refractivity contribution < 1.29 is 9.21 Å². The van der Waals surface area contributed by atoms with Crippen molar-refractivity contribution in [1.82, 2.24) is 14.8 Å². The second kappa shape index (κ2) is 9.24. The summed E-state index contributed by atoms with van der Waals surface area (Å²) >= 11 is 1.36. The van der Waals surface area contributed by atoms with Gasteiger partial charge in [0.25, 0.3) is 0 Å². The molecule has 28 heavy (non-hydrogen) atoms. The summed E-state index contributed by atoms with van der Waals surface area (Å²) in [5, 5.41) is 18.4. The molecule has 1 unspecified atom stereocenters. The van der Waals surface area contributed by atoms with E-state index in [4.69, 9.17) is 10.2 Å². The molecule has 0 aliphatic heterocycles. The number of aromatic nitrogens is 3. The van der Waals surface area contributed by atoms with Crippen LogP contribution in [0.2, 0.25) is 0 Å².